The number of anilines is 1. The number of rotatable bonds is 7. The number of aliphatic hydroxyl groups is 1. The first-order valence-corrected chi connectivity index (χ1v) is 9.24. The predicted octanol–water partition coefficient (Wildman–Crippen LogP) is 2.40. The van der Waals surface area contributed by atoms with Crippen LogP contribution in [0.1, 0.15) is 11.3 Å². The van der Waals surface area contributed by atoms with Crippen LogP contribution in [0.25, 0.3) is 11.4 Å². The standard InChI is InChI=1S/C22H23N3O4/c1-15-19(11-12-26)22(28)25(21(23-15)16-7-4-3-5-8-16)14-20(27)24-17-9-6-10-18(13-17)29-2/h3-10,13,26H,11-12,14H2,1-2H3,(H,24,27). The van der Waals surface area contributed by atoms with Gasteiger partial charge in [-0.15, -0.1) is 0 Å². The summed E-state index contributed by atoms with van der Waals surface area (Å²) in [6, 6.07) is 16.2. The summed E-state index contributed by atoms with van der Waals surface area (Å²) in [5.41, 5.74) is 1.93. The zero-order chi connectivity index (χ0) is 20.8. The first-order chi connectivity index (χ1) is 14.0. The van der Waals surface area contributed by atoms with Crippen molar-refractivity contribution >= 4 is 11.6 Å². The molecule has 2 aromatic carbocycles. The lowest BCUT2D eigenvalue weighted by Crippen LogP contribution is -2.33. The number of hydrogen-bond donors (Lipinski definition) is 2. The summed E-state index contributed by atoms with van der Waals surface area (Å²) in [7, 11) is 1.55. The van der Waals surface area contributed by atoms with Crippen molar-refractivity contribution < 1.29 is 14.6 Å². The molecule has 3 rings (SSSR count). The van der Waals surface area contributed by atoms with Gasteiger partial charge in [0.25, 0.3) is 5.56 Å². The lowest BCUT2D eigenvalue weighted by molar-refractivity contribution is -0.116. The van der Waals surface area contributed by atoms with Gasteiger partial charge < -0.3 is 15.2 Å². The Balaban J connectivity index is 1.98. The van der Waals surface area contributed by atoms with Gasteiger partial charge in [-0.1, -0.05) is 36.4 Å². The lowest BCUT2D eigenvalue weighted by Gasteiger charge is -2.16. The number of aromatic nitrogens is 2. The molecular formula is C22H23N3O4. The Kier molecular flexibility index (Phi) is 6.41. The molecule has 0 fully saturated rings. The fourth-order valence-corrected chi connectivity index (χ4v) is 3.10. The van der Waals surface area contributed by atoms with Crippen molar-refractivity contribution in [2.75, 3.05) is 19.0 Å². The Morgan fingerprint density at radius 2 is 1.93 bits per heavy atom. The summed E-state index contributed by atoms with van der Waals surface area (Å²) in [5, 5.41) is 12.1. The van der Waals surface area contributed by atoms with Crippen LogP contribution in [0.15, 0.2) is 59.4 Å². The molecule has 0 unspecified atom stereocenters. The molecule has 0 aliphatic carbocycles. The minimum absolute atomic E-state index is 0.168. The van der Waals surface area contributed by atoms with Gasteiger partial charge in [-0.25, -0.2) is 4.98 Å². The van der Waals surface area contributed by atoms with Crippen LogP contribution in [-0.4, -0.2) is 34.3 Å². The molecule has 7 nitrogen and oxygen atoms in total. The summed E-state index contributed by atoms with van der Waals surface area (Å²) >= 11 is 0. The normalized spacial score (nSPS) is 10.6. The molecule has 0 bridgehead atoms. The van der Waals surface area contributed by atoms with E-state index >= 15 is 0 Å². The molecule has 1 amide bonds. The van der Waals surface area contributed by atoms with Crippen molar-refractivity contribution in [2.45, 2.75) is 19.9 Å². The lowest BCUT2D eigenvalue weighted by atomic mass is 10.1. The highest BCUT2D eigenvalue weighted by atomic mass is 16.5. The Morgan fingerprint density at radius 3 is 2.62 bits per heavy atom. The Bertz CT molecular complexity index is 1060. The molecule has 0 saturated carbocycles. The van der Waals surface area contributed by atoms with E-state index in [2.05, 4.69) is 10.3 Å². The smallest absolute Gasteiger partial charge is 0.257 e. The zero-order valence-corrected chi connectivity index (χ0v) is 16.4. The number of methoxy groups -OCH3 is 1. The van der Waals surface area contributed by atoms with E-state index in [1.807, 2.05) is 30.3 Å². The molecule has 2 N–H and O–H groups in total. The van der Waals surface area contributed by atoms with Gasteiger partial charge in [-0.05, 0) is 19.1 Å². The monoisotopic (exact) mass is 393 g/mol. The number of nitrogens with one attached hydrogen (secondary N) is 1. The molecule has 1 heterocycles. The van der Waals surface area contributed by atoms with Gasteiger partial charge in [0, 0.05) is 41.6 Å². The summed E-state index contributed by atoms with van der Waals surface area (Å²) in [5.74, 6) is 0.667. The Labute approximate surface area is 168 Å². The van der Waals surface area contributed by atoms with Gasteiger partial charge in [0.2, 0.25) is 5.91 Å². The van der Waals surface area contributed by atoms with Crippen molar-refractivity contribution in [3.8, 4) is 17.1 Å². The highest BCUT2D eigenvalue weighted by Crippen LogP contribution is 2.19. The molecule has 7 heteroatoms. The van der Waals surface area contributed by atoms with Gasteiger partial charge in [-0.2, -0.15) is 0 Å². The number of ether oxygens (including phenoxy) is 1. The van der Waals surface area contributed by atoms with Crippen molar-refractivity contribution in [3.63, 3.8) is 0 Å². The number of carbonyl (C=O) groups excluding carboxylic acids is 1. The molecule has 29 heavy (non-hydrogen) atoms. The van der Waals surface area contributed by atoms with E-state index in [1.54, 1.807) is 38.3 Å². The van der Waals surface area contributed by atoms with Crippen LogP contribution in [0.4, 0.5) is 5.69 Å². The van der Waals surface area contributed by atoms with Gasteiger partial charge in [0.05, 0.1) is 7.11 Å². The van der Waals surface area contributed by atoms with E-state index in [-0.39, 0.29) is 31.0 Å². The van der Waals surface area contributed by atoms with Crippen LogP contribution in [0.5, 0.6) is 5.75 Å². The SMILES string of the molecule is COc1cccc(NC(=O)Cn2c(-c3ccccc3)nc(C)c(CCO)c2=O)c1. The van der Waals surface area contributed by atoms with Crippen LogP contribution in [0.3, 0.4) is 0 Å². The van der Waals surface area contributed by atoms with Crippen molar-refractivity contribution in [3.05, 3.63) is 76.2 Å². The fourth-order valence-electron chi connectivity index (χ4n) is 3.10. The topological polar surface area (TPSA) is 93.4 Å². The molecule has 0 aliphatic rings. The summed E-state index contributed by atoms with van der Waals surface area (Å²) in [4.78, 5) is 30.3. The third-order valence-corrected chi connectivity index (χ3v) is 4.52. The van der Waals surface area contributed by atoms with Crippen LogP contribution in [-0.2, 0) is 17.8 Å². The number of benzene rings is 2. The van der Waals surface area contributed by atoms with Gasteiger partial charge in [0.1, 0.15) is 18.1 Å². The first kappa shape index (κ1) is 20.3. The second kappa shape index (κ2) is 9.16. The highest BCUT2D eigenvalue weighted by molar-refractivity contribution is 5.91. The van der Waals surface area contributed by atoms with Crippen molar-refractivity contribution in [1.82, 2.24) is 9.55 Å². The number of aliphatic hydroxyl groups excluding tert-OH is 1. The van der Waals surface area contributed by atoms with Gasteiger partial charge in [-0.3, -0.25) is 14.2 Å². The number of hydrogen-bond acceptors (Lipinski definition) is 5. The quantitative estimate of drug-likeness (QED) is 0.643. The minimum Gasteiger partial charge on any atom is -0.497 e. The molecule has 0 saturated heterocycles. The van der Waals surface area contributed by atoms with E-state index in [4.69, 9.17) is 4.74 Å². The highest BCUT2D eigenvalue weighted by Gasteiger charge is 2.17. The summed E-state index contributed by atoms with van der Waals surface area (Å²) < 4.78 is 6.52. The molecule has 0 atom stereocenters. The van der Waals surface area contributed by atoms with Crippen LogP contribution < -0.4 is 15.6 Å². The maximum Gasteiger partial charge on any atom is 0.257 e. The molecule has 150 valence electrons. The average Bonchev–Trinajstić information content (AvgIpc) is 2.73. The van der Waals surface area contributed by atoms with E-state index in [0.717, 1.165) is 5.56 Å². The number of amides is 1. The van der Waals surface area contributed by atoms with E-state index < -0.39 is 0 Å². The number of aryl methyl sites for hydroxylation is 1. The van der Waals surface area contributed by atoms with E-state index in [0.29, 0.717) is 28.5 Å². The largest absolute Gasteiger partial charge is 0.497 e. The Morgan fingerprint density at radius 1 is 1.17 bits per heavy atom. The maximum absolute atomic E-state index is 13.1. The third-order valence-electron chi connectivity index (χ3n) is 4.52. The van der Waals surface area contributed by atoms with E-state index in [1.165, 1.54) is 4.57 Å². The number of nitrogens with zero attached hydrogens (tertiary/aromatic N) is 2. The first-order valence-electron chi connectivity index (χ1n) is 9.24. The van der Waals surface area contributed by atoms with Crippen molar-refractivity contribution in [1.29, 1.82) is 0 Å². The number of carbonyl (C=O) groups is 1. The van der Waals surface area contributed by atoms with Crippen LogP contribution in [0, 0.1) is 6.92 Å². The molecule has 1 aromatic heterocycles. The van der Waals surface area contributed by atoms with Crippen molar-refractivity contribution in [2.24, 2.45) is 0 Å². The zero-order valence-electron chi connectivity index (χ0n) is 16.4. The summed E-state index contributed by atoms with van der Waals surface area (Å²) in [6.45, 7) is 1.36. The second-order valence-corrected chi connectivity index (χ2v) is 6.51. The molecule has 0 spiro atoms. The molecule has 0 radical (unpaired) electrons. The van der Waals surface area contributed by atoms with E-state index in [9.17, 15) is 14.7 Å². The Hall–Kier alpha value is -3.45. The van der Waals surface area contributed by atoms with Gasteiger partial charge in [0.15, 0.2) is 0 Å². The maximum atomic E-state index is 13.1. The predicted molar refractivity (Wildman–Crippen MR) is 111 cm³/mol. The van der Waals surface area contributed by atoms with Crippen LogP contribution >= 0.6 is 0 Å². The summed E-state index contributed by atoms with van der Waals surface area (Å²) in [6.07, 6.45) is 0.185. The molecule has 3 aromatic rings. The van der Waals surface area contributed by atoms with Gasteiger partial charge >= 0.3 is 0 Å². The van der Waals surface area contributed by atoms with Crippen LogP contribution in [0.2, 0.25) is 0 Å². The third kappa shape index (κ3) is 4.70. The fraction of sp³-hybridized carbons (Fsp3) is 0.227. The average molecular weight is 393 g/mol. The minimum atomic E-state index is -0.363. The molecule has 0 aliphatic heterocycles. The second-order valence-electron chi connectivity index (χ2n) is 6.51. The molecular weight excluding hydrogens is 370 g/mol.